The molecule has 8 nitrogen and oxygen atoms in total. The van der Waals surface area contributed by atoms with Crippen molar-refractivity contribution in [2.24, 2.45) is 0 Å². The summed E-state index contributed by atoms with van der Waals surface area (Å²) in [6.07, 6.45) is 5.00. The minimum atomic E-state index is -0.185. The molecule has 0 unspecified atom stereocenters. The van der Waals surface area contributed by atoms with E-state index >= 15 is 0 Å². The van der Waals surface area contributed by atoms with Gasteiger partial charge in [-0.05, 0) is 49.9 Å². The summed E-state index contributed by atoms with van der Waals surface area (Å²) in [5.74, 6) is 0.388. The van der Waals surface area contributed by atoms with E-state index in [-0.39, 0.29) is 17.9 Å². The maximum Gasteiger partial charge on any atom is 0.289 e. The highest BCUT2D eigenvalue weighted by Crippen LogP contribution is 2.42. The lowest BCUT2D eigenvalue weighted by molar-refractivity contribution is 0.0667. The first kappa shape index (κ1) is 18.6. The molecule has 154 valence electrons. The Kier molecular flexibility index (Phi) is 4.82. The van der Waals surface area contributed by atoms with Crippen LogP contribution < -0.4 is 5.32 Å². The lowest BCUT2D eigenvalue weighted by atomic mass is 10.0. The molecule has 1 saturated carbocycles. The number of nitrogens with one attached hydrogen (secondary N) is 1. The molecule has 5 rings (SSSR count). The molecule has 0 atom stereocenters. The number of benzene rings is 1. The third-order valence-electron chi connectivity index (χ3n) is 5.73. The predicted octanol–water partition coefficient (Wildman–Crippen LogP) is 2.77. The minimum absolute atomic E-state index is 0.00655. The first-order valence-electron chi connectivity index (χ1n) is 10.4. The van der Waals surface area contributed by atoms with Gasteiger partial charge < -0.3 is 14.6 Å². The molecule has 0 bridgehead atoms. The van der Waals surface area contributed by atoms with Gasteiger partial charge in [0.1, 0.15) is 0 Å². The second-order valence-corrected chi connectivity index (χ2v) is 7.86. The van der Waals surface area contributed by atoms with Crippen LogP contribution in [-0.4, -0.2) is 50.8 Å². The lowest BCUT2D eigenvalue weighted by Crippen LogP contribution is -2.46. The third kappa shape index (κ3) is 3.60. The number of piperidine rings is 1. The zero-order valence-electron chi connectivity index (χ0n) is 16.5. The molecule has 1 N–H and O–H groups in total. The average molecular weight is 405 g/mol. The van der Waals surface area contributed by atoms with Crippen LogP contribution in [0.4, 0.5) is 0 Å². The molecule has 1 aliphatic carbocycles. The highest BCUT2D eigenvalue weighted by Gasteiger charge is 2.35. The van der Waals surface area contributed by atoms with E-state index in [1.165, 1.54) is 6.26 Å². The molecule has 0 spiro atoms. The fourth-order valence-electron chi connectivity index (χ4n) is 3.97. The van der Waals surface area contributed by atoms with E-state index in [1.54, 1.807) is 21.7 Å². The van der Waals surface area contributed by atoms with Crippen molar-refractivity contribution >= 4 is 11.8 Å². The van der Waals surface area contributed by atoms with E-state index < -0.39 is 0 Å². The molecule has 30 heavy (non-hydrogen) atoms. The van der Waals surface area contributed by atoms with Crippen LogP contribution in [0.1, 0.15) is 58.3 Å². The summed E-state index contributed by atoms with van der Waals surface area (Å²) in [6.45, 7) is 1.16. The topological polar surface area (TPSA) is 93.3 Å². The number of carbonyl (C=O) groups excluding carboxylic acids is 2. The summed E-state index contributed by atoms with van der Waals surface area (Å²) < 4.78 is 6.99. The molecular weight excluding hydrogens is 382 g/mol. The molecule has 2 amide bonds. The summed E-state index contributed by atoms with van der Waals surface area (Å²) in [5, 5.41) is 11.6. The molecule has 1 saturated heterocycles. The molecule has 2 fully saturated rings. The van der Waals surface area contributed by atoms with Gasteiger partial charge in [-0.3, -0.25) is 9.59 Å². The highest BCUT2D eigenvalue weighted by molar-refractivity contribution is 5.94. The summed E-state index contributed by atoms with van der Waals surface area (Å²) in [4.78, 5) is 27.2. The fourth-order valence-corrected chi connectivity index (χ4v) is 3.97. The van der Waals surface area contributed by atoms with Gasteiger partial charge in [0.15, 0.2) is 11.5 Å². The Bertz CT molecular complexity index is 1030. The normalized spacial score (nSPS) is 17.1. The number of likely N-dealkylation sites (tertiary alicyclic amines) is 1. The van der Waals surface area contributed by atoms with Gasteiger partial charge >= 0.3 is 0 Å². The highest BCUT2D eigenvalue weighted by atomic mass is 16.3. The van der Waals surface area contributed by atoms with Crippen LogP contribution in [0.3, 0.4) is 0 Å². The number of furan rings is 1. The van der Waals surface area contributed by atoms with Crippen LogP contribution in [0, 0.1) is 0 Å². The zero-order chi connectivity index (χ0) is 20.5. The van der Waals surface area contributed by atoms with E-state index in [9.17, 15) is 9.59 Å². The second-order valence-electron chi connectivity index (χ2n) is 7.86. The maximum absolute atomic E-state index is 13.0. The Morgan fingerprint density at radius 3 is 2.43 bits per heavy atom. The van der Waals surface area contributed by atoms with E-state index in [0.717, 1.165) is 24.2 Å². The zero-order valence-corrected chi connectivity index (χ0v) is 16.5. The molecule has 2 aliphatic rings. The van der Waals surface area contributed by atoms with E-state index in [4.69, 9.17) is 4.42 Å². The van der Waals surface area contributed by atoms with Gasteiger partial charge in [0.2, 0.25) is 0 Å². The van der Waals surface area contributed by atoms with Crippen LogP contribution >= 0.6 is 0 Å². The van der Waals surface area contributed by atoms with Crippen LogP contribution in [-0.2, 0) is 0 Å². The first-order valence-corrected chi connectivity index (χ1v) is 10.4. The van der Waals surface area contributed by atoms with E-state index in [1.807, 2.05) is 30.3 Å². The second kappa shape index (κ2) is 7.78. The standard InChI is InChI=1S/C22H23N5O3/c28-21(23-16-10-12-26(13-11-16)22(29)18-7-4-14-30-18)19-20(15-8-9-15)27(25-24-19)17-5-2-1-3-6-17/h1-7,14-16H,8-13H2,(H,23,28). The molecule has 0 radical (unpaired) electrons. The van der Waals surface area contributed by atoms with Crippen molar-refractivity contribution in [1.82, 2.24) is 25.2 Å². The van der Waals surface area contributed by atoms with E-state index in [2.05, 4.69) is 15.6 Å². The Morgan fingerprint density at radius 2 is 1.77 bits per heavy atom. The molecule has 8 heteroatoms. The van der Waals surface area contributed by atoms with Crippen molar-refractivity contribution in [3.63, 3.8) is 0 Å². The van der Waals surface area contributed by atoms with Crippen molar-refractivity contribution in [1.29, 1.82) is 0 Å². The van der Waals surface area contributed by atoms with Crippen molar-refractivity contribution in [3.05, 3.63) is 65.9 Å². The molecule has 1 aliphatic heterocycles. The van der Waals surface area contributed by atoms with Crippen LogP contribution in [0.25, 0.3) is 5.69 Å². The number of para-hydroxylation sites is 1. The van der Waals surface area contributed by atoms with Gasteiger partial charge in [0, 0.05) is 25.0 Å². The maximum atomic E-state index is 13.0. The Hall–Kier alpha value is -3.42. The van der Waals surface area contributed by atoms with Gasteiger partial charge in [0.05, 0.1) is 17.6 Å². The molecule has 3 heterocycles. The van der Waals surface area contributed by atoms with Crippen molar-refractivity contribution in [2.75, 3.05) is 13.1 Å². The van der Waals surface area contributed by atoms with Gasteiger partial charge in [-0.1, -0.05) is 23.4 Å². The number of aromatic nitrogens is 3. The summed E-state index contributed by atoms with van der Waals surface area (Å²) in [5.41, 5.74) is 2.22. The molecule has 2 aromatic heterocycles. The summed E-state index contributed by atoms with van der Waals surface area (Å²) in [7, 11) is 0. The number of hydrogen-bond donors (Lipinski definition) is 1. The van der Waals surface area contributed by atoms with Crippen LogP contribution in [0.5, 0.6) is 0 Å². The largest absolute Gasteiger partial charge is 0.459 e. The molecular formula is C22H23N5O3. The van der Waals surface area contributed by atoms with Crippen molar-refractivity contribution in [3.8, 4) is 5.69 Å². The summed E-state index contributed by atoms with van der Waals surface area (Å²) in [6, 6.07) is 13.2. The number of amides is 2. The lowest BCUT2D eigenvalue weighted by Gasteiger charge is -2.31. The third-order valence-corrected chi connectivity index (χ3v) is 5.73. The fraction of sp³-hybridized carbons (Fsp3) is 0.364. The minimum Gasteiger partial charge on any atom is -0.459 e. The monoisotopic (exact) mass is 405 g/mol. The Morgan fingerprint density at radius 1 is 1.00 bits per heavy atom. The predicted molar refractivity (Wildman–Crippen MR) is 108 cm³/mol. The SMILES string of the molecule is O=C(NC1CCN(C(=O)c2ccco2)CC1)c1nnn(-c2ccccc2)c1C1CC1. The number of hydrogen-bond acceptors (Lipinski definition) is 5. The van der Waals surface area contributed by atoms with Gasteiger partial charge in [-0.25, -0.2) is 4.68 Å². The van der Waals surface area contributed by atoms with Crippen LogP contribution in [0.2, 0.25) is 0 Å². The summed E-state index contributed by atoms with van der Waals surface area (Å²) >= 11 is 0. The molecule has 1 aromatic carbocycles. The quantitative estimate of drug-likeness (QED) is 0.705. The Labute approximate surface area is 173 Å². The number of carbonyl (C=O) groups is 2. The first-order chi connectivity index (χ1) is 14.7. The van der Waals surface area contributed by atoms with Gasteiger partial charge in [-0.15, -0.1) is 5.10 Å². The van der Waals surface area contributed by atoms with E-state index in [0.29, 0.717) is 43.3 Å². The van der Waals surface area contributed by atoms with Crippen LogP contribution in [0.15, 0.2) is 53.1 Å². The van der Waals surface area contributed by atoms with Crippen molar-refractivity contribution in [2.45, 2.75) is 37.6 Å². The average Bonchev–Trinajstić information content (AvgIpc) is 3.28. The van der Waals surface area contributed by atoms with Crippen molar-refractivity contribution < 1.29 is 14.0 Å². The number of nitrogens with zero attached hydrogens (tertiary/aromatic N) is 4. The number of rotatable bonds is 5. The smallest absolute Gasteiger partial charge is 0.289 e. The molecule has 3 aromatic rings. The Balaban J connectivity index is 1.26. The van der Waals surface area contributed by atoms with Gasteiger partial charge in [0.25, 0.3) is 11.8 Å². The van der Waals surface area contributed by atoms with Gasteiger partial charge in [-0.2, -0.15) is 0 Å².